The van der Waals surface area contributed by atoms with Crippen LogP contribution < -0.4 is 5.32 Å². The minimum atomic E-state index is -4.87. The predicted molar refractivity (Wildman–Crippen MR) is 297 cm³/mol. The summed E-state index contributed by atoms with van der Waals surface area (Å²) in [5.41, 5.74) is 1.25. The van der Waals surface area contributed by atoms with Crippen LogP contribution in [0.4, 0.5) is 56.9 Å². The molecule has 0 radical (unpaired) electrons. The zero-order valence-corrected chi connectivity index (χ0v) is 46.5. The third-order valence-electron chi connectivity index (χ3n) is 11.3. The Morgan fingerprint density at radius 1 is 0.446 bits per heavy atom. The molecule has 0 aliphatic rings. The Labute approximate surface area is 474 Å². The number of nitrogens with zero attached hydrogens (tertiary/aromatic N) is 8. The number of fused-ring (bicyclic) bond motifs is 2. The van der Waals surface area contributed by atoms with Gasteiger partial charge in [-0.25, -0.2) is 26.3 Å². The summed E-state index contributed by atoms with van der Waals surface area (Å²) < 4.78 is 163. The van der Waals surface area contributed by atoms with E-state index < -0.39 is 78.2 Å². The second-order valence-corrected chi connectivity index (χ2v) is 25.4. The minimum absolute atomic E-state index is 0.0279. The zero-order valence-electron chi connectivity index (χ0n) is 41.6. The van der Waals surface area contributed by atoms with Gasteiger partial charge in [0.15, 0.2) is 32.0 Å². The largest absolute Gasteiger partial charge is 0.506 e. The lowest BCUT2D eigenvalue weighted by Crippen LogP contribution is -2.15. The van der Waals surface area contributed by atoms with Crippen molar-refractivity contribution in [2.45, 2.75) is 19.6 Å². The van der Waals surface area contributed by atoms with E-state index >= 15 is 0 Å². The molecule has 8 rings (SSSR count). The molecule has 83 heavy (non-hydrogen) atoms. The maximum Gasteiger partial charge on any atom is 0.397 e. The fourth-order valence-electron chi connectivity index (χ4n) is 7.47. The molecule has 0 bridgehead atoms. The van der Waals surface area contributed by atoms with Gasteiger partial charge in [-0.1, -0.05) is 23.2 Å². The molecule has 0 amide bonds. The maximum atomic E-state index is 12.7. The quantitative estimate of drug-likeness (QED) is 0.00738. The first-order chi connectivity index (χ1) is 39.3. The first-order valence-electron chi connectivity index (χ1n) is 23.0. The summed E-state index contributed by atoms with van der Waals surface area (Å²) >= 11 is 0.237. The van der Waals surface area contributed by atoms with Crippen molar-refractivity contribution in [2.24, 2.45) is 40.9 Å². The lowest BCUT2D eigenvalue weighted by molar-refractivity contribution is -0.434. The van der Waals surface area contributed by atoms with E-state index in [4.69, 9.17) is 14.0 Å². The van der Waals surface area contributed by atoms with E-state index in [2.05, 4.69) is 59.8 Å². The van der Waals surface area contributed by atoms with E-state index in [-0.39, 0.29) is 102 Å². The van der Waals surface area contributed by atoms with Crippen LogP contribution in [0.25, 0.3) is 21.5 Å². The third kappa shape index (κ3) is 15.9. The van der Waals surface area contributed by atoms with Gasteiger partial charge in [0.2, 0.25) is 0 Å². The van der Waals surface area contributed by atoms with Gasteiger partial charge >= 0.3 is 10.4 Å². The van der Waals surface area contributed by atoms with Crippen LogP contribution in [-0.2, 0) is 68.0 Å². The van der Waals surface area contributed by atoms with Crippen LogP contribution >= 0.6 is 12.3 Å². The van der Waals surface area contributed by atoms with Gasteiger partial charge in [-0.15, -0.1) is 35.0 Å². The summed E-state index contributed by atoms with van der Waals surface area (Å²) in [6.07, 6.45) is 0. The van der Waals surface area contributed by atoms with Gasteiger partial charge in [0, 0.05) is 45.1 Å². The summed E-state index contributed by atoms with van der Waals surface area (Å²) in [5, 5.41) is 70.3. The van der Waals surface area contributed by atoms with Crippen LogP contribution in [0.15, 0.2) is 206 Å². The number of nitrogens with one attached hydrogen (secondary N) is 1. The van der Waals surface area contributed by atoms with Crippen molar-refractivity contribution < 1.29 is 89.0 Å². The standard InChI is InChI=1S/C48H39N9O20S6/c58-45-26-31(8-16-42(45)55-53-40-20-21-44(48-37(40)2-1-3-47(48)82(68,69)70)57-51-30-6-12-34(13-7-30)80(63,64)25-23-75-83(71,72)73)49-32-9-17-43(46(59)27-32)56-54-41-19-18-39(36-15-14-35(28-38(36)41)81(65,66)67)52-50-29-4-10-33(11-5-29)79(61,62)24-22-74-78-77-76-60/h1-21,26-28,49,58-60H,22-25H2,(H,65,66,67)(H,68,69,70)(H,71,72,73)/b52-50+,55-53+,56-54+,57-51+. The van der Waals surface area contributed by atoms with Gasteiger partial charge in [0.1, 0.15) is 27.8 Å². The maximum absolute atomic E-state index is 12.7. The van der Waals surface area contributed by atoms with E-state index in [9.17, 15) is 61.4 Å². The summed E-state index contributed by atoms with van der Waals surface area (Å²) in [7, 11) is -22.3. The van der Waals surface area contributed by atoms with Crippen LogP contribution in [-0.4, -0.2) is 95.9 Å². The van der Waals surface area contributed by atoms with Crippen molar-refractivity contribution in [3.8, 4) is 11.5 Å². The second-order valence-electron chi connectivity index (χ2n) is 16.8. The fourth-order valence-corrected chi connectivity index (χ4v) is 11.6. The number of hydrogen-bond donors (Lipinski definition) is 7. The van der Waals surface area contributed by atoms with Crippen LogP contribution in [0.1, 0.15) is 0 Å². The summed E-state index contributed by atoms with van der Waals surface area (Å²) in [6.45, 7) is -1.13. The lowest BCUT2D eigenvalue weighted by atomic mass is 10.1. The normalized spacial score (nSPS) is 12.9. The zero-order chi connectivity index (χ0) is 59.7. The van der Waals surface area contributed by atoms with Gasteiger partial charge in [-0.3, -0.25) is 17.8 Å². The Morgan fingerprint density at radius 2 is 0.904 bits per heavy atom. The first-order valence-corrected chi connectivity index (χ1v) is 31.2. The number of hydrogen-bond acceptors (Lipinski definition) is 27. The van der Waals surface area contributed by atoms with E-state index in [1.54, 1.807) is 0 Å². The smallest absolute Gasteiger partial charge is 0.397 e. The molecule has 8 aromatic rings. The molecule has 7 N–H and O–H groups in total. The fraction of sp³-hybridized carbons (Fsp3) is 0.0833. The molecular weight excluding hydrogens is 1210 g/mol. The number of rotatable bonds is 24. The van der Waals surface area contributed by atoms with Crippen LogP contribution in [0.5, 0.6) is 11.5 Å². The average molecular weight is 1250 g/mol. The van der Waals surface area contributed by atoms with Crippen molar-refractivity contribution in [2.75, 3.05) is 30.0 Å². The number of phenols is 2. The average Bonchev–Trinajstić information content (AvgIpc) is 3.62. The number of aromatic hydroxyl groups is 2. The highest BCUT2D eigenvalue weighted by Gasteiger charge is 2.21. The molecule has 0 unspecified atom stereocenters. The van der Waals surface area contributed by atoms with Gasteiger partial charge in [-0.05, 0) is 115 Å². The van der Waals surface area contributed by atoms with Crippen LogP contribution in [0, 0.1) is 0 Å². The number of benzene rings is 8. The Kier molecular flexibility index (Phi) is 18.8. The molecule has 35 heteroatoms. The topological polar surface area (TPSA) is 440 Å². The first kappa shape index (κ1) is 60.9. The molecule has 0 spiro atoms. The van der Waals surface area contributed by atoms with Crippen molar-refractivity contribution in [1.29, 1.82) is 0 Å². The van der Waals surface area contributed by atoms with Crippen molar-refractivity contribution >= 4 is 141 Å². The minimum Gasteiger partial charge on any atom is -0.506 e. The van der Waals surface area contributed by atoms with Crippen LogP contribution in [0.2, 0.25) is 0 Å². The number of anilines is 2. The van der Waals surface area contributed by atoms with Crippen molar-refractivity contribution in [1.82, 2.24) is 0 Å². The third-order valence-corrected chi connectivity index (χ3v) is 17.3. The number of azo groups is 4. The Morgan fingerprint density at radius 3 is 1.41 bits per heavy atom. The Hall–Kier alpha value is -8.14. The van der Waals surface area contributed by atoms with Crippen LogP contribution in [0.3, 0.4) is 0 Å². The molecule has 0 atom stereocenters. The van der Waals surface area contributed by atoms with Gasteiger partial charge < -0.3 is 15.5 Å². The molecule has 0 fully saturated rings. The number of sulfone groups is 2. The highest BCUT2D eigenvalue weighted by molar-refractivity contribution is 7.92. The molecule has 0 heterocycles. The molecule has 0 aliphatic heterocycles. The monoisotopic (exact) mass is 1250 g/mol. The lowest BCUT2D eigenvalue weighted by Gasteiger charge is -2.10. The molecule has 0 saturated carbocycles. The summed E-state index contributed by atoms with van der Waals surface area (Å²) in [4.78, 5) is -1.30. The van der Waals surface area contributed by atoms with Gasteiger partial charge in [0.05, 0.1) is 73.5 Å². The molecule has 432 valence electrons. The molecule has 0 aliphatic carbocycles. The second kappa shape index (κ2) is 25.6. The summed E-state index contributed by atoms with van der Waals surface area (Å²) in [5.74, 6) is -1.93. The molecular formula is C48H39N9O20S6. The van der Waals surface area contributed by atoms with Crippen molar-refractivity contribution in [3.63, 3.8) is 0 Å². The predicted octanol–water partition coefficient (Wildman–Crippen LogP) is 11.7. The van der Waals surface area contributed by atoms with Gasteiger partial charge in [-0.2, -0.15) is 35.5 Å². The molecule has 29 nitrogen and oxygen atoms in total. The van der Waals surface area contributed by atoms with E-state index in [1.807, 2.05) is 0 Å². The molecule has 0 aromatic heterocycles. The Bertz CT molecular complexity index is 4500. The van der Waals surface area contributed by atoms with E-state index in [1.165, 1.54) is 115 Å². The molecule has 8 aromatic carbocycles. The van der Waals surface area contributed by atoms with Gasteiger partial charge in [0.25, 0.3) is 20.2 Å². The highest BCUT2D eigenvalue weighted by Crippen LogP contribution is 2.42. The Balaban J connectivity index is 0.963. The van der Waals surface area contributed by atoms with E-state index in [0.29, 0.717) is 16.8 Å². The summed E-state index contributed by atoms with van der Waals surface area (Å²) in [6, 6.07) is 31.9. The van der Waals surface area contributed by atoms with E-state index in [0.717, 1.165) is 30.3 Å². The number of phenolic OH excluding ortho intramolecular Hbond substituents is 2. The highest BCUT2D eigenvalue weighted by atomic mass is 32.3. The SMILES string of the molecule is O=S(=O)(O)OCCS(=O)(=O)c1ccc(/N=N/c2ccc(/N=N/c3ccc(Nc4ccc(/N=N/c5ccc(/N=N/c6ccc(S(=O)(=O)CCOSOOO)cc6)c6ccc(S(=O)(=O)O)cc56)c(O)c4)cc3O)c3cccc(S(=O)(=O)O)c23)cc1. The van der Waals surface area contributed by atoms with Crippen molar-refractivity contribution in [3.05, 3.63) is 146 Å². The molecule has 0 saturated heterocycles.